The van der Waals surface area contributed by atoms with Crippen molar-refractivity contribution in [3.8, 4) is 0 Å². The van der Waals surface area contributed by atoms with Gasteiger partial charge in [0.1, 0.15) is 6.04 Å². The first-order chi connectivity index (χ1) is 16.3. The van der Waals surface area contributed by atoms with Crippen LogP contribution < -0.4 is 14.3 Å². The van der Waals surface area contributed by atoms with Gasteiger partial charge in [0.25, 0.3) is 10.0 Å². The van der Waals surface area contributed by atoms with Gasteiger partial charge < -0.3 is 5.32 Å². The highest BCUT2D eigenvalue weighted by Crippen LogP contribution is 2.25. The minimum Gasteiger partial charge on any atom is -0.324 e. The van der Waals surface area contributed by atoms with E-state index in [2.05, 4.69) is 10.0 Å². The molecule has 0 saturated carbocycles. The molecule has 3 rings (SSSR count). The first-order valence-electron chi connectivity index (χ1n) is 10.2. The van der Waals surface area contributed by atoms with Gasteiger partial charge in [0.2, 0.25) is 15.9 Å². The van der Waals surface area contributed by atoms with Crippen LogP contribution in [-0.4, -0.2) is 35.0 Å². The third kappa shape index (κ3) is 6.66. The van der Waals surface area contributed by atoms with Crippen molar-refractivity contribution in [3.63, 3.8) is 0 Å². The highest BCUT2D eigenvalue weighted by molar-refractivity contribution is 7.92. The topological polar surface area (TPSA) is 113 Å². The number of nitrogens with one attached hydrogen (secondary N) is 2. The summed E-state index contributed by atoms with van der Waals surface area (Å²) in [5, 5.41) is 3.47. The third-order valence-electron chi connectivity index (χ3n) is 5.03. The van der Waals surface area contributed by atoms with Crippen molar-refractivity contribution in [2.75, 3.05) is 20.6 Å². The predicted molar refractivity (Wildman–Crippen MR) is 140 cm³/mol. The first-order valence-corrected chi connectivity index (χ1v) is 14.3. The number of halogens is 2. The Hall–Kier alpha value is -2.79. The largest absolute Gasteiger partial charge is 0.324 e. The number of rotatable bonds is 8. The molecule has 0 bridgehead atoms. The average Bonchev–Trinajstić information content (AvgIpc) is 2.77. The smallest absolute Gasteiger partial charge is 0.261 e. The zero-order valence-corrected chi connectivity index (χ0v) is 22.1. The minimum atomic E-state index is -3.90. The molecule has 2 N–H and O–H groups in total. The molecule has 1 amide bonds. The van der Waals surface area contributed by atoms with Crippen molar-refractivity contribution in [2.45, 2.75) is 24.8 Å². The van der Waals surface area contributed by atoms with Crippen LogP contribution in [0.5, 0.6) is 0 Å². The summed E-state index contributed by atoms with van der Waals surface area (Å²) < 4.78 is 53.6. The Bertz CT molecular complexity index is 1440. The Kier molecular flexibility index (Phi) is 8.00. The number of aryl methyl sites for hydroxylation is 1. The molecule has 0 fully saturated rings. The van der Waals surface area contributed by atoms with E-state index in [9.17, 15) is 21.6 Å². The second kappa shape index (κ2) is 10.4. The Morgan fingerprint density at radius 1 is 0.886 bits per heavy atom. The van der Waals surface area contributed by atoms with Crippen LogP contribution in [0.2, 0.25) is 10.0 Å². The summed E-state index contributed by atoms with van der Waals surface area (Å²) in [5.74, 6) is -0.603. The van der Waals surface area contributed by atoms with E-state index in [1.165, 1.54) is 61.5 Å². The van der Waals surface area contributed by atoms with E-state index in [-0.39, 0.29) is 10.6 Å². The van der Waals surface area contributed by atoms with Gasteiger partial charge in [-0.05, 0) is 80.1 Å². The monoisotopic (exact) mass is 555 g/mol. The lowest BCUT2D eigenvalue weighted by molar-refractivity contribution is -0.116. The zero-order valence-electron chi connectivity index (χ0n) is 19.0. The quantitative estimate of drug-likeness (QED) is 0.410. The minimum absolute atomic E-state index is 0.0285. The van der Waals surface area contributed by atoms with Gasteiger partial charge in [0.15, 0.2) is 0 Å². The maximum atomic E-state index is 12.8. The standard InChI is InChI=1S/C23H23Cl2N3O5S2/c1-15-4-7-19(14-22(15)25)27-35(32,33)21-12-8-18(9-13-21)26-23(29)16(2)28(34(3,30)31)20-10-5-17(24)6-11-20/h4-14,16,27H,1-3H3,(H,26,29)/t16-/m0/s1. The van der Waals surface area contributed by atoms with Crippen LogP contribution in [0.3, 0.4) is 0 Å². The van der Waals surface area contributed by atoms with Gasteiger partial charge in [0.05, 0.1) is 22.5 Å². The van der Waals surface area contributed by atoms with Gasteiger partial charge in [-0.3, -0.25) is 13.8 Å². The van der Waals surface area contributed by atoms with E-state index >= 15 is 0 Å². The van der Waals surface area contributed by atoms with Crippen molar-refractivity contribution < 1.29 is 21.6 Å². The van der Waals surface area contributed by atoms with Crippen LogP contribution in [0.15, 0.2) is 71.6 Å². The van der Waals surface area contributed by atoms with Crippen molar-refractivity contribution >= 4 is 66.2 Å². The summed E-state index contributed by atoms with van der Waals surface area (Å²) in [4.78, 5) is 12.8. The number of nitrogens with zero attached hydrogens (tertiary/aromatic N) is 1. The van der Waals surface area contributed by atoms with E-state index in [0.29, 0.717) is 21.4 Å². The molecule has 3 aromatic carbocycles. The molecule has 0 aromatic heterocycles. The van der Waals surface area contributed by atoms with Crippen LogP contribution in [0.25, 0.3) is 0 Å². The normalized spacial score (nSPS) is 12.6. The summed E-state index contributed by atoms with van der Waals surface area (Å²) in [6.07, 6.45) is 0.999. The van der Waals surface area contributed by atoms with Crippen LogP contribution in [0.4, 0.5) is 17.1 Å². The van der Waals surface area contributed by atoms with Crippen LogP contribution in [0.1, 0.15) is 12.5 Å². The van der Waals surface area contributed by atoms with E-state index < -0.39 is 32.0 Å². The van der Waals surface area contributed by atoms with E-state index in [1.807, 2.05) is 0 Å². The molecule has 0 unspecified atom stereocenters. The molecule has 1 atom stereocenters. The maximum absolute atomic E-state index is 12.8. The molecule has 8 nitrogen and oxygen atoms in total. The van der Waals surface area contributed by atoms with Crippen molar-refractivity contribution in [3.05, 3.63) is 82.3 Å². The summed E-state index contributed by atoms with van der Waals surface area (Å²) in [6.45, 7) is 3.25. The SMILES string of the molecule is Cc1ccc(NS(=O)(=O)c2ccc(NC(=O)[C@H](C)N(c3ccc(Cl)cc3)S(C)(=O)=O)cc2)cc1Cl. The van der Waals surface area contributed by atoms with Crippen LogP contribution in [0, 0.1) is 6.92 Å². The number of carbonyl (C=O) groups is 1. The fourth-order valence-corrected chi connectivity index (χ4v) is 5.76. The Labute approximate surface area is 215 Å². The fourth-order valence-electron chi connectivity index (χ4n) is 3.23. The molecule has 35 heavy (non-hydrogen) atoms. The lowest BCUT2D eigenvalue weighted by Crippen LogP contribution is -2.45. The van der Waals surface area contributed by atoms with Gasteiger partial charge in [-0.25, -0.2) is 16.8 Å². The summed E-state index contributed by atoms with van der Waals surface area (Å²) >= 11 is 11.9. The van der Waals surface area contributed by atoms with E-state index in [0.717, 1.165) is 16.1 Å². The molecule has 0 spiro atoms. The predicted octanol–water partition coefficient (Wildman–Crippen LogP) is 4.90. The highest BCUT2D eigenvalue weighted by atomic mass is 35.5. The summed E-state index contributed by atoms with van der Waals surface area (Å²) in [5.41, 5.74) is 1.70. The van der Waals surface area contributed by atoms with E-state index in [1.54, 1.807) is 19.1 Å². The van der Waals surface area contributed by atoms with Crippen molar-refractivity contribution in [1.82, 2.24) is 0 Å². The Morgan fingerprint density at radius 2 is 1.46 bits per heavy atom. The van der Waals surface area contributed by atoms with Crippen LogP contribution in [-0.2, 0) is 24.8 Å². The van der Waals surface area contributed by atoms with Crippen molar-refractivity contribution in [2.24, 2.45) is 0 Å². The second-order valence-electron chi connectivity index (χ2n) is 7.79. The molecule has 0 aliphatic heterocycles. The Morgan fingerprint density at radius 3 is 2.00 bits per heavy atom. The molecule has 0 aliphatic rings. The number of carbonyl (C=O) groups excluding carboxylic acids is 1. The summed E-state index contributed by atoms with van der Waals surface area (Å²) in [6, 6.07) is 15.2. The third-order valence-corrected chi connectivity index (χ3v) is 8.32. The molecule has 12 heteroatoms. The summed E-state index contributed by atoms with van der Waals surface area (Å²) in [7, 11) is -7.69. The molecule has 0 heterocycles. The van der Waals surface area contributed by atoms with Crippen molar-refractivity contribution in [1.29, 1.82) is 0 Å². The molecule has 186 valence electrons. The average molecular weight is 556 g/mol. The molecule has 0 radical (unpaired) electrons. The highest BCUT2D eigenvalue weighted by Gasteiger charge is 2.29. The number of sulfonamides is 2. The first kappa shape index (κ1) is 26.8. The van der Waals surface area contributed by atoms with Gasteiger partial charge in [-0.15, -0.1) is 0 Å². The molecular weight excluding hydrogens is 533 g/mol. The van der Waals surface area contributed by atoms with Gasteiger partial charge >= 0.3 is 0 Å². The number of hydrogen-bond donors (Lipinski definition) is 2. The lowest BCUT2D eigenvalue weighted by atomic mass is 10.2. The molecule has 0 aliphatic carbocycles. The zero-order chi connectivity index (χ0) is 26.0. The fraction of sp³-hybridized carbons (Fsp3) is 0.174. The van der Waals surface area contributed by atoms with Gasteiger partial charge in [-0.2, -0.15) is 0 Å². The maximum Gasteiger partial charge on any atom is 0.261 e. The van der Waals surface area contributed by atoms with E-state index in [4.69, 9.17) is 23.2 Å². The molecular formula is C23H23Cl2N3O5S2. The van der Waals surface area contributed by atoms with Gasteiger partial charge in [0, 0.05) is 15.7 Å². The number of amides is 1. The molecule has 0 saturated heterocycles. The number of benzene rings is 3. The second-order valence-corrected chi connectivity index (χ2v) is 12.2. The molecule has 3 aromatic rings. The Balaban J connectivity index is 1.76. The number of hydrogen-bond acceptors (Lipinski definition) is 5. The number of anilines is 3. The van der Waals surface area contributed by atoms with Crippen LogP contribution >= 0.6 is 23.2 Å². The lowest BCUT2D eigenvalue weighted by Gasteiger charge is -2.28. The van der Waals surface area contributed by atoms with Gasteiger partial charge in [-0.1, -0.05) is 29.3 Å².